The Morgan fingerprint density at radius 1 is 1.05 bits per heavy atom. The van der Waals surface area contributed by atoms with Crippen LogP contribution in [0.1, 0.15) is 11.1 Å². The van der Waals surface area contributed by atoms with Gasteiger partial charge in [0.25, 0.3) is 0 Å². The van der Waals surface area contributed by atoms with Gasteiger partial charge in [0.1, 0.15) is 5.75 Å². The van der Waals surface area contributed by atoms with Crippen molar-refractivity contribution < 1.29 is 13.1 Å². The molecule has 5 heteroatoms. The van der Waals surface area contributed by atoms with Crippen molar-refractivity contribution in [3.05, 3.63) is 59.7 Å². The van der Waals surface area contributed by atoms with Crippen LogP contribution in [0.25, 0.3) is 0 Å². The smallest absolute Gasteiger partial charge is 0.173 e. The molecule has 0 N–H and O–H groups in total. The third-order valence-electron chi connectivity index (χ3n) is 2.85. The van der Waals surface area contributed by atoms with Crippen molar-refractivity contribution in [1.29, 1.82) is 0 Å². The molecule has 0 spiro atoms. The van der Waals surface area contributed by atoms with Crippen molar-refractivity contribution in [3.63, 3.8) is 0 Å². The van der Waals surface area contributed by atoms with E-state index in [0.29, 0.717) is 4.90 Å². The van der Waals surface area contributed by atoms with Gasteiger partial charge in [-0.2, -0.15) is 0 Å². The Morgan fingerprint density at radius 2 is 1.65 bits per heavy atom. The number of methoxy groups -OCH3 is 1. The average Bonchev–Trinajstić information content (AvgIpc) is 2.46. The van der Waals surface area contributed by atoms with Crippen LogP contribution >= 0.6 is 0 Å². The van der Waals surface area contributed by atoms with Crippen LogP contribution in [-0.2, 0) is 30.8 Å². The zero-order valence-corrected chi connectivity index (χ0v) is 13.0. The van der Waals surface area contributed by atoms with Gasteiger partial charge in [-0.15, -0.1) is 0 Å². The van der Waals surface area contributed by atoms with Gasteiger partial charge in [-0.3, -0.25) is 4.18 Å². The van der Waals surface area contributed by atoms with Crippen LogP contribution in [0.4, 0.5) is 0 Å². The monoisotopic (exact) mass is 308 g/mol. The molecule has 0 fully saturated rings. The van der Waals surface area contributed by atoms with E-state index >= 15 is 0 Å². The van der Waals surface area contributed by atoms with Gasteiger partial charge >= 0.3 is 0 Å². The second-order valence-corrected chi connectivity index (χ2v) is 7.31. The molecule has 0 aromatic heterocycles. The lowest BCUT2D eigenvalue weighted by molar-refractivity contribution is 0.335. The molecule has 0 saturated carbocycles. The fraction of sp³-hybridized carbons (Fsp3) is 0.200. The SMILES string of the molecule is COc1ccc(COS(=O)(=S)c2ccc(C)cc2)cc1. The lowest BCUT2D eigenvalue weighted by Crippen LogP contribution is -2.05. The van der Waals surface area contributed by atoms with Gasteiger partial charge in [0, 0.05) is 11.2 Å². The van der Waals surface area contributed by atoms with Crippen LogP contribution in [0.3, 0.4) is 0 Å². The summed E-state index contributed by atoms with van der Waals surface area (Å²) in [7, 11) is -1.28. The van der Waals surface area contributed by atoms with E-state index in [1.807, 2.05) is 43.3 Å². The van der Waals surface area contributed by atoms with Crippen LogP contribution in [0.2, 0.25) is 0 Å². The summed E-state index contributed by atoms with van der Waals surface area (Å²) in [5.41, 5.74) is 1.99. The number of benzene rings is 2. The highest BCUT2D eigenvalue weighted by atomic mass is 32.8. The minimum Gasteiger partial charge on any atom is -0.497 e. The standard InChI is InChI=1S/C15H16O3S2/c1-12-3-9-15(10-4-12)20(16,19)18-11-13-5-7-14(17-2)8-6-13/h3-10H,11H2,1-2H3. The molecule has 1 unspecified atom stereocenters. The second kappa shape index (κ2) is 6.35. The molecule has 1 atom stereocenters. The number of ether oxygens (including phenoxy) is 1. The summed E-state index contributed by atoms with van der Waals surface area (Å²) in [6.07, 6.45) is 0. The highest BCUT2D eigenvalue weighted by molar-refractivity contribution is 8.30. The molecular weight excluding hydrogens is 292 g/mol. The van der Waals surface area contributed by atoms with Gasteiger partial charge in [0.2, 0.25) is 0 Å². The van der Waals surface area contributed by atoms with E-state index in [1.54, 1.807) is 19.2 Å². The van der Waals surface area contributed by atoms with E-state index < -0.39 is 8.77 Å². The number of hydrogen-bond donors (Lipinski definition) is 0. The first-order valence-electron chi connectivity index (χ1n) is 6.10. The zero-order chi connectivity index (χ0) is 14.6. The topological polar surface area (TPSA) is 35.5 Å². The molecule has 0 saturated heterocycles. The highest BCUT2D eigenvalue weighted by Gasteiger charge is 2.10. The minimum absolute atomic E-state index is 0.209. The maximum absolute atomic E-state index is 12.4. The van der Waals surface area contributed by atoms with E-state index in [2.05, 4.69) is 0 Å². The number of rotatable bonds is 5. The molecule has 20 heavy (non-hydrogen) atoms. The molecule has 0 radical (unpaired) electrons. The number of aryl methyl sites for hydroxylation is 1. The molecular formula is C15H16O3S2. The van der Waals surface area contributed by atoms with Gasteiger partial charge in [-0.25, -0.2) is 4.21 Å². The predicted octanol–water partition coefficient (Wildman–Crippen LogP) is 3.24. The van der Waals surface area contributed by atoms with Gasteiger partial charge in [0.05, 0.1) is 18.6 Å². The first kappa shape index (κ1) is 15.0. The highest BCUT2D eigenvalue weighted by Crippen LogP contribution is 2.17. The summed E-state index contributed by atoms with van der Waals surface area (Å²) in [6, 6.07) is 14.6. The Balaban J connectivity index is 2.06. The molecule has 2 aromatic rings. The molecule has 2 aromatic carbocycles. The van der Waals surface area contributed by atoms with Crippen molar-refractivity contribution in [2.24, 2.45) is 0 Å². The van der Waals surface area contributed by atoms with Crippen LogP contribution < -0.4 is 4.74 Å². The lowest BCUT2D eigenvalue weighted by Gasteiger charge is -2.09. The summed E-state index contributed by atoms with van der Waals surface area (Å²) in [5, 5.41) is 0. The maximum atomic E-state index is 12.4. The minimum atomic E-state index is -2.89. The summed E-state index contributed by atoms with van der Waals surface area (Å²) in [6.45, 7) is 2.17. The molecule has 0 aliphatic rings. The zero-order valence-electron chi connectivity index (χ0n) is 11.4. The summed E-state index contributed by atoms with van der Waals surface area (Å²) in [5.74, 6) is 0.770. The Morgan fingerprint density at radius 3 is 2.20 bits per heavy atom. The van der Waals surface area contributed by atoms with E-state index in [0.717, 1.165) is 16.9 Å². The third kappa shape index (κ3) is 3.79. The summed E-state index contributed by atoms with van der Waals surface area (Å²) < 4.78 is 22.9. The molecule has 3 nitrogen and oxygen atoms in total. The Bertz CT molecular complexity index is 659. The van der Waals surface area contributed by atoms with Crippen molar-refractivity contribution in [2.75, 3.05) is 7.11 Å². The molecule has 106 valence electrons. The van der Waals surface area contributed by atoms with E-state index in [-0.39, 0.29) is 6.61 Å². The van der Waals surface area contributed by atoms with Crippen molar-refractivity contribution >= 4 is 20.0 Å². The summed E-state index contributed by atoms with van der Waals surface area (Å²) >= 11 is 5.08. The predicted molar refractivity (Wildman–Crippen MR) is 82.7 cm³/mol. The first-order chi connectivity index (χ1) is 9.51. The van der Waals surface area contributed by atoms with Crippen LogP contribution in [-0.4, -0.2) is 11.3 Å². The van der Waals surface area contributed by atoms with Crippen LogP contribution in [0.15, 0.2) is 53.4 Å². The Kier molecular flexibility index (Phi) is 4.75. The molecule has 0 aliphatic carbocycles. The van der Waals surface area contributed by atoms with Crippen molar-refractivity contribution in [1.82, 2.24) is 0 Å². The maximum Gasteiger partial charge on any atom is 0.173 e. The van der Waals surface area contributed by atoms with E-state index in [4.69, 9.17) is 20.1 Å². The van der Waals surface area contributed by atoms with E-state index in [9.17, 15) is 4.21 Å². The van der Waals surface area contributed by atoms with E-state index in [1.165, 1.54) is 0 Å². The molecule has 2 rings (SSSR count). The fourth-order valence-corrected chi connectivity index (χ4v) is 3.01. The lowest BCUT2D eigenvalue weighted by atomic mass is 10.2. The van der Waals surface area contributed by atoms with Crippen LogP contribution in [0.5, 0.6) is 5.75 Å². The average molecular weight is 308 g/mol. The van der Waals surface area contributed by atoms with Crippen molar-refractivity contribution in [3.8, 4) is 5.75 Å². The van der Waals surface area contributed by atoms with Gasteiger partial charge in [-0.1, -0.05) is 29.8 Å². The van der Waals surface area contributed by atoms with Crippen LogP contribution in [0, 0.1) is 6.92 Å². The largest absolute Gasteiger partial charge is 0.497 e. The van der Waals surface area contributed by atoms with Gasteiger partial charge in [0.15, 0.2) is 8.77 Å². The Labute approximate surface area is 124 Å². The summed E-state index contributed by atoms with van der Waals surface area (Å²) in [4.78, 5) is 0.534. The van der Waals surface area contributed by atoms with Gasteiger partial charge < -0.3 is 4.74 Å². The first-order valence-corrected chi connectivity index (χ1v) is 8.51. The quantitative estimate of drug-likeness (QED) is 0.849. The Hall–Kier alpha value is -1.43. The molecule has 0 aliphatic heterocycles. The number of hydrogen-bond acceptors (Lipinski definition) is 4. The fourth-order valence-electron chi connectivity index (χ4n) is 1.64. The normalized spacial score (nSPS) is 13.7. The third-order valence-corrected chi connectivity index (χ3v) is 4.99. The molecule has 0 bridgehead atoms. The molecule has 0 heterocycles. The molecule has 0 amide bonds. The van der Waals surface area contributed by atoms with Gasteiger partial charge in [-0.05, 0) is 36.8 Å². The van der Waals surface area contributed by atoms with Crippen molar-refractivity contribution in [2.45, 2.75) is 18.4 Å². The second-order valence-electron chi connectivity index (χ2n) is 4.38.